The fourth-order valence-corrected chi connectivity index (χ4v) is 4.43. The topological polar surface area (TPSA) is 57.7 Å². The van der Waals surface area contributed by atoms with E-state index >= 15 is 0 Å². The van der Waals surface area contributed by atoms with Gasteiger partial charge in [-0.1, -0.05) is 48.0 Å². The number of hydrogen-bond acceptors (Lipinski definition) is 3. The zero-order valence-corrected chi connectivity index (χ0v) is 17.3. The van der Waals surface area contributed by atoms with E-state index in [1.54, 1.807) is 23.1 Å². The molecule has 0 unspecified atom stereocenters. The van der Waals surface area contributed by atoms with Gasteiger partial charge >= 0.3 is 0 Å². The van der Waals surface area contributed by atoms with Gasteiger partial charge < -0.3 is 4.90 Å². The molecule has 31 heavy (non-hydrogen) atoms. The molecule has 0 aromatic heterocycles. The summed E-state index contributed by atoms with van der Waals surface area (Å²) >= 11 is 0. The molecule has 154 valence electrons. The quantitative estimate of drug-likeness (QED) is 0.602. The van der Waals surface area contributed by atoms with E-state index < -0.39 is 0 Å². The van der Waals surface area contributed by atoms with Crippen LogP contribution in [0.5, 0.6) is 0 Å². The monoisotopic (exact) mass is 410 g/mol. The van der Waals surface area contributed by atoms with Crippen LogP contribution >= 0.6 is 0 Å². The molecule has 0 bridgehead atoms. The van der Waals surface area contributed by atoms with Crippen molar-refractivity contribution in [2.24, 2.45) is 0 Å². The highest BCUT2D eigenvalue weighted by Gasteiger charge is 2.36. The van der Waals surface area contributed by atoms with Crippen molar-refractivity contribution in [2.45, 2.75) is 26.3 Å². The van der Waals surface area contributed by atoms with Crippen LogP contribution in [-0.4, -0.2) is 29.2 Å². The lowest BCUT2D eigenvalue weighted by Gasteiger charge is -2.30. The van der Waals surface area contributed by atoms with Gasteiger partial charge in [0.05, 0.1) is 17.7 Å². The van der Waals surface area contributed by atoms with Gasteiger partial charge in [-0.15, -0.1) is 0 Å². The molecule has 0 saturated carbocycles. The minimum atomic E-state index is -0.354. The number of fused-ring (bicyclic) bond motifs is 2. The fourth-order valence-electron chi connectivity index (χ4n) is 4.43. The van der Waals surface area contributed by atoms with Gasteiger partial charge in [0.1, 0.15) is 0 Å². The second kappa shape index (κ2) is 7.51. The molecule has 0 radical (unpaired) electrons. The average molecular weight is 410 g/mol. The summed E-state index contributed by atoms with van der Waals surface area (Å²) in [6.07, 6.45) is 1.85. The largest absolute Gasteiger partial charge is 0.308 e. The minimum Gasteiger partial charge on any atom is -0.308 e. The van der Waals surface area contributed by atoms with Crippen molar-refractivity contribution in [1.82, 2.24) is 4.90 Å². The number of imide groups is 1. The number of carbonyl (C=O) groups is 3. The predicted molar refractivity (Wildman–Crippen MR) is 118 cm³/mol. The third kappa shape index (κ3) is 3.32. The molecule has 2 aliphatic rings. The zero-order chi connectivity index (χ0) is 21.5. The number of amides is 3. The molecular formula is C26H22N2O3. The molecule has 0 fully saturated rings. The molecular weight excluding hydrogens is 388 g/mol. The molecule has 0 spiro atoms. The lowest BCUT2D eigenvalue weighted by Crippen LogP contribution is -2.35. The number of hydrogen-bond donors (Lipinski definition) is 0. The maximum Gasteiger partial charge on any atom is 0.261 e. The Hall–Kier alpha value is -3.73. The second-order valence-electron chi connectivity index (χ2n) is 8.13. The number of anilines is 1. The van der Waals surface area contributed by atoms with Crippen LogP contribution in [0.3, 0.4) is 0 Å². The fraction of sp³-hybridized carbons (Fsp3) is 0.192. The average Bonchev–Trinajstić information content (AvgIpc) is 3.03. The summed E-state index contributed by atoms with van der Waals surface area (Å²) in [7, 11) is 0. The highest BCUT2D eigenvalue weighted by molar-refractivity contribution is 6.22. The van der Waals surface area contributed by atoms with Crippen LogP contribution in [-0.2, 0) is 13.0 Å². The number of nitrogens with zero attached hydrogens (tertiary/aromatic N) is 2. The summed E-state index contributed by atoms with van der Waals surface area (Å²) in [6.45, 7) is 2.90. The Balaban J connectivity index is 1.44. The van der Waals surface area contributed by atoms with E-state index in [1.165, 1.54) is 16.0 Å². The van der Waals surface area contributed by atoms with Crippen molar-refractivity contribution in [3.05, 3.63) is 100 Å². The molecule has 3 amide bonds. The molecule has 3 aromatic rings. The number of aryl methyl sites for hydroxylation is 2. The third-order valence-corrected chi connectivity index (χ3v) is 6.00. The molecule has 0 N–H and O–H groups in total. The summed E-state index contributed by atoms with van der Waals surface area (Å²) in [4.78, 5) is 42.1. The highest BCUT2D eigenvalue weighted by atomic mass is 16.2. The van der Waals surface area contributed by atoms with Crippen molar-refractivity contribution in [3.8, 4) is 0 Å². The van der Waals surface area contributed by atoms with Gasteiger partial charge in [-0.2, -0.15) is 0 Å². The van der Waals surface area contributed by atoms with E-state index in [4.69, 9.17) is 0 Å². The van der Waals surface area contributed by atoms with E-state index in [-0.39, 0.29) is 24.3 Å². The third-order valence-electron chi connectivity index (χ3n) is 6.00. The Morgan fingerprint density at radius 2 is 1.68 bits per heavy atom. The summed E-state index contributed by atoms with van der Waals surface area (Å²) in [5, 5.41) is 0. The van der Waals surface area contributed by atoms with Crippen molar-refractivity contribution in [2.75, 3.05) is 11.4 Å². The molecule has 0 saturated heterocycles. The van der Waals surface area contributed by atoms with Gasteiger partial charge in [0, 0.05) is 17.8 Å². The smallest absolute Gasteiger partial charge is 0.261 e. The van der Waals surface area contributed by atoms with Gasteiger partial charge in [0.15, 0.2) is 0 Å². The number of rotatable bonds is 3. The Morgan fingerprint density at radius 3 is 2.48 bits per heavy atom. The van der Waals surface area contributed by atoms with E-state index in [1.807, 2.05) is 49.4 Å². The lowest BCUT2D eigenvalue weighted by molar-refractivity contribution is 0.0642. The SMILES string of the molecule is Cc1ccc2c(c1)CCCN2C(=O)c1ccc2c(c1)C(=O)N(Cc1ccccc1)C2=O. The minimum absolute atomic E-state index is 0.144. The molecule has 0 aliphatic carbocycles. The first-order chi connectivity index (χ1) is 15.0. The van der Waals surface area contributed by atoms with E-state index in [9.17, 15) is 14.4 Å². The van der Waals surface area contributed by atoms with Gasteiger partial charge in [0.2, 0.25) is 0 Å². The van der Waals surface area contributed by atoms with E-state index in [0.717, 1.165) is 24.1 Å². The Morgan fingerprint density at radius 1 is 0.903 bits per heavy atom. The maximum atomic E-state index is 13.3. The predicted octanol–water partition coefficient (Wildman–Crippen LogP) is 4.38. The first-order valence-electron chi connectivity index (χ1n) is 10.5. The summed E-state index contributed by atoms with van der Waals surface area (Å²) in [5.74, 6) is -0.816. The van der Waals surface area contributed by atoms with Crippen LogP contribution in [0.1, 0.15) is 54.2 Å². The second-order valence-corrected chi connectivity index (χ2v) is 8.13. The van der Waals surface area contributed by atoms with Gasteiger partial charge in [-0.05, 0) is 55.2 Å². The van der Waals surface area contributed by atoms with E-state index in [0.29, 0.717) is 23.2 Å². The molecule has 5 heteroatoms. The molecule has 2 heterocycles. The maximum absolute atomic E-state index is 13.3. The molecule has 0 atom stereocenters. The molecule has 5 rings (SSSR count). The van der Waals surface area contributed by atoms with E-state index in [2.05, 4.69) is 6.07 Å². The molecule has 3 aromatic carbocycles. The van der Waals surface area contributed by atoms with Crippen LogP contribution in [0.15, 0.2) is 66.7 Å². The standard InChI is InChI=1S/C26H22N2O3/c1-17-9-12-23-19(14-17)8-5-13-27(23)24(29)20-10-11-21-22(15-20)26(31)28(25(21)30)16-18-6-3-2-4-7-18/h2-4,6-7,9-12,14-15H,5,8,13,16H2,1H3. The summed E-state index contributed by atoms with van der Waals surface area (Å²) < 4.78 is 0. The molecule has 2 aliphatic heterocycles. The first-order valence-corrected chi connectivity index (χ1v) is 10.5. The number of carbonyl (C=O) groups excluding carboxylic acids is 3. The zero-order valence-electron chi connectivity index (χ0n) is 17.3. The summed E-state index contributed by atoms with van der Waals surface area (Å²) in [6, 6.07) is 20.4. The van der Waals surface area contributed by atoms with Crippen molar-refractivity contribution >= 4 is 23.4 Å². The normalized spacial score (nSPS) is 15.1. The van der Waals surface area contributed by atoms with Crippen LogP contribution in [0.2, 0.25) is 0 Å². The number of benzene rings is 3. The summed E-state index contributed by atoms with van der Waals surface area (Å²) in [5.41, 5.74) is 5.23. The Kier molecular flexibility index (Phi) is 4.66. The van der Waals surface area contributed by atoms with Crippen LogP contribution in [0, 0.1) is 6.92 Å². The van der Waals surface area contributed by atoms with Crippen molar-refractivity contribution in [1.29, 1.82) is 0 Å². The van der Waals surface area contributed by atoms with Crippen LogP contribution < -0.4 is 4.90 Å². The van der Waals surface area contributed by atoms with Gasteiger partial charge in [0.25, 0.3) is 17.7 Å². The van der Waals surface area contributed by atoms with Crippen molar-refractivity contribution in [3.63, 3.8) is 0 Å². The highest BCUT2D eigenvalue weighted by Crippen LogP contribution is 2.31. The van der Waals surface area contributed by atoms with Crippen LogP contribution in [0.4, 0.5) is 5.69 Å². The van der Waals surface area contributed by atoms with Crippen molar-refractivity contribution < 1.29 is 14.4 Å². The molecule has 5 nitrogen and oxygen atoms in total. The lowest BCUT2D eigenvalue weighted by atomic mass is 9.98. The Labute approximate surface area is 180 Å². The van der Waals surface area contributed by atoms with Gasteiger partial charge in [-0.25, -0.2) is 0 Å². The van der Waals surface area contributed by atoms with Gasteiger partial charge in [-0.3, -0.25) is 19.3 Å². The van der Waals surface area contributed by atoms with Crippen LogP contribution in [0.25, 0.3) is 0 Å². The first kappa shape index (κ1) is 19.2. The Bertz CT molecular complexity index is 1220.